The van der Waals surface area contributed by atoms with Crippen molar-refractivity contribution in [1.29, 1.82) is 0 Å². The minimum absolute atomic E-state index is 0.134. The van der Waals surface area contributed by atoms with Gasteiger partial charge in [0.1, 0.15) is 0 Å². The molecule has 0 aliphatic carbocycles. The van der Waals surface area contributed by atoms with Crippen LogP contribution in [-0.2, 0) is 11.3 Å². The van der Waals surface area contributed by atoms with Gasteiger partial charge in [0.15, 0.2) is 6.61 Å². The zero-order chi connectivity index (χ0) is 16.2. The molecule has 0 N–H and O–H groups in total. The van der Waals surface area contributed by atoms with Crippen molar-refractivity contribution in [3.8, 4) is 11.5 Å². The van der Waals surface area contributed by atoms with Crippen molar-refractivity contribution in [2.24, 2.45) is 0 Å². The summed E-state index contributed by atoms with van der Waals surface area (Å²) in [6, 6.07) is 13.6. The normalized spacial score (nSPS) is 10.5. The summed E-state index contributed by atoms with van der Waals surface area (Å²) in [6.45, 7) is -0.134. The number of rotatable bonds is 4. The number of carbonyl (C=O) groups is 1. The molecular formula is C16H10Cl2N2O3. The Morgan fingerprint density at radius 3 is 2.52 bits per heavy atom. The Kier molecular flexibility index (Phi) is 4.60. The van der Waals surface area contributed by atoms with Gasteiger partial charge < -0.3 is 9.15 Å². The lowest BCUT2D eigenvalue weighted by atomic mass is 10.2. The highest BCUT2D eigenvalue weighted by molar-refractivity contribution is 6.33. The van der Waals surface area contributed by atoms with Gasteiger partial charge in [0.25, 0.3) is 5.89 Å². The number of ether oxygens (including phenoxy) is 1. The molecule has 0 radical (unpaired) electrons. The summed E-state index contributed by atoms with van der Waals surface area (Å²) in [5.74, 6) is -0.0392. The highest BCUT2D eigenvalue weighted by Crippen LogP contribution is 2.21. The first-order valence-electron chi connectivity index (χ1n) is 6.63. The van der Waals surface area contributed by atoms with Crippen molar-refractivity contribution < 1.29 is 13.9 Å². The molecule has 0 fully saturated rings. The molecule has 0 atom stereocenters. The summed E-state index contributed by atoms with van der Waals surface area (Å²) in [6.07, 6.45) is 0. The molecule has 1 heterocycles. The molecule has 0 unspecified atom stereocenters. The first kappa shape index (κ1) is 15.5. The molecule has 5 nitrogen and oxygen atoms in total. The van der Waals surface area contributed by atoms with Crippen molar-refractivity contribution >= 4 is 29.2 Å². The maximum absolute atomic E-state index is 11.9. The molecule has 0 aliphatic rings. The van der Waals surface area contributed by atoms with Crippen LogP contribution in [0.5, 0.6) is 0 Å². The molecule has 0 amide bonds. The van der Waals surface area contributed by atoms with Gasteiger partial charge in [-0.15, -0.1) is 10.2 Å². The van der Waals surface area contributed by atoms with Gasteiger partial charge in [0, 0.05) is 10.6 Å². The van der Waals surface area contributed by atoms with Crippen molar-refractivity contribution in [3.63, 3.8) is 0 Å². The zero-order valence-electron chi connectivity index (χ0n) is 11.7. The van der Waals surface area contributed by atoms with Crippen molar-refractivity contribution in [1.82, 2.24) is 10.2 Å². The van der Waals surface area contributed by atoms with Crippen LogP contribution in [0.1, 0.15) is 16.2 Å². The summed E-state index contributed by atoms with van der Waals surface area (Å²) in [5.41, 5.74) is 1.01. The van der Waals surface area contributed by atoms with E-state index in [1.807, 2.05) is 0 Å². The number of esters is 1. The number of halogens is 2. The van der Waals surface area contributed by atoms with E-state index in [1.165, 1.54) is 0 Å². The molecule has 2 aromatic carbocycles. The van der Waals surface area contributed by atoms with Crippen molar-refractivity contribution in [2.45, 2.75) is 6.61 Å². The Labute approximate surface area is 141 Å². The van der Waals surface area contributed by atoms with Crippen LogP contribution in [0.3, 0.4) is 0 Å². The Balaban J connectivity index is 1.67. The van der Waals surface area contributed by atoms with Crippen LogP contribution in [0, 0.1) is 0 Å². The second-order valence-corrected chi connectivity index (χ2v) is 5.41. The van der Waals surface area contributed by atoms with Crippen LogP contribution in [0.25, 0.3) is 11.5 Å². The van der Waals surface area contributed by atoms with Crippen LogP contribution in [0.4, 0.5) is 0 Å². The molecule has 0 bridgehead atoms. The molecule has 3 rings (SSSR count). The van der Waals surface area contributed by atoms with Crippen molar-refractivity contribution in [3.05, 3.63) is 70.0 Å². The molecule has 0 aliphatic heterocycles. The van der Waals surface area contributed by atoms with Crippen LogP contribution in [0.15, 0.2) is 52.9 Å². The number of hydrogen-bond donors (Lipinski definition) is 0. The zero-order valence-corrected chi connectivity index (χ0v) is 13.2. The third-order valence-corrected chi connectivity index (χ3v) is 3.56. The maximum Gasteiger partial charge on any atom is 0.340 e. The number of hydrogen-bond acceptors (Lipinski definition) is 5. The first-order valence-corrected chi connectivity index (χ1v) is 7.39. The summed E-state index contributed by atoms with van der Waals surface area (Å²) < 4.78 is 10.6. The average molecular weight is 349 g/mol. The van der Waals surface area contributed by atoms with Gasteiger partial charge in [-0.05, 0) is 36.4 Å². The molecule has 0 saturated carbocycles. The topological polar surface area (TPSA) is 65.2 Å². The summed E-state index contributed by atoms with van der Waals surface area (Å²) >= 11 is 11.8. The Bertz CT molecular complexity index is 831. The highest BCUT2D eigenvalue weighted by Gasteiger charge is 2.14. The largest absolute Gasteiger partial charge is 0.452 e. The molecule has 0 spiro atoms. The van der Waals surface area contributed by atoms with Gasteiger partial charge in [-0.25, -0.2) is 4.79 Å². The average Bonchev–Trinajstić information content (AvgIpc) is 3.03. The standard InChI is InChI=1S/C16H10Cl2N2O3/c17-11-7-5-10(6-8-11)15-20-19-14(23-15)9-22-16(21)12-3-1-2-4-13(12)18/h1-8H,9H2. The first-order chi connectivity index (χ1) is 11.1. The second kappa shape index (κ2) is 6.81. The third kappa shape index (κ3) is 3.70. The lowest BCUT2D eigenvalue weighted by molar-refractivity contribution is 0.0439. The quantitative estimate of drug-likeness (QED) is 0.653. The number of benzene rings is 2. The van der Waals surface area contributed by atoms with Crippen molar-refractivity contribution in [2.75, 3.05) is 0 Å². The lowest BCUT2D eigenvalue weighted by Gasteiger charge is -2.03. The fourth-order valence-corrected chi connectivity index (χ4v) is 2.19. The van der Waals surface area contributed by atoms with E-state index < -0.39 is 5.97 Å². The van der Waals surface area contributed by atoms with Gasteiger partial charge >= 0.3 is 5.97 Å². The summed E-state index contributed by atoms with van der Waals surface area (Å²) in [7, 11) is 0. The molecule has 3 aromatic rings. The fourth-order valence-electron chi connectivity index (χ4n) is 1.85. The van der Waals surface area contributed by atoms with Gasteiger partial charge in [0.05, 0.1) is 10.6 Å². The van der Waals surface area contributed by atoms with E-state index in [4.69, 9.17) is 32.4 Å². The van der Waals surface area contributed by atoms with Crippen LogP contribution in [0.2, 0.25) is 10.0 Å². The molecule has 7 heteroatoms. The molecule has 0 saturated heterocycles. The maximum atomic E-state index is 11.9. The molecule has 1 aromatic heterocycles. The van der Waals surface area contributed by atoms with Gasteiger partial charge in [0.2, 0.25) is 5.89 Å². The van der Waals surface area contributed by atoms with Gasteiger partial charge in [-0.2, -0.15) is 0 Å². The minimum Gasteiger partial charge on any atom is -0.452 e. The predicted molar refractivity (Wildman–Crippen MR) is 85.3 cm³/mol. The fraction of sp³-hybridized carbons (Fsp3) is 0.0625. The third-order valence-electron chi connectivity index (χ3n) is 2.98. The smallest absolute Gasteiger partial charge is 0.340 e. The van der Waals surface area contributed by atoms with E-state index in [0.717, 1.165) is 5.56 Å². The molecule has 23 heavy (non-hydrogen) atoms. The lowest BCUT2D eigenvalue weighted by Crippen LogP contribution is -2.06. The Morgan fingerprint density at radius 1 is 1.04 bits per heavy atom. The Morgan fingerprint density at radius 2 is 1.78 bits per heavy atom. The van der Waals surface area contributed by atoms with Gasteiger partial charge in [-0.1, -0.05) is 35.3 Å². The van der Waals surface area contributed by atoms with Crippen LogP contribution >= 0.6 is 23.2 Å². The highest BCUT2D eigenvalue weighted by atomic mass is 35.5. The van der Waals surface area contributed by atoms with E-state index in [1.54, 1.807) is 48.5 Å². The van der Waals surface area contributed by atoms with E-state index in [2.05, 4.69) is 10.2 Å². The van der Waals surface area contributed by atoms with Gasteiger partial charge in [-0.3, -0.25) is 0 Å². The molecular weight excluding hydrogens is 339 g/mol. The monoisotopic (exact) mass is 348 g/mol. The van der Waals surface area contributed by atoms with E-state index in [0.29, 0.717) is 15.9 Å². The second-order valence-electron chi connectivity index (χ2n) is 4.56. The predicted octanol–water partition coefficient (Wildman–Crippen LogP) is 4.40. The number of carbonyl (C=O) groups excluding carboxylic acids is 1. The number of aromatic nitrogens is 2. The van der Waals surface area contributed by atoms with E-state index >= 15 is 0 Å². The SMILES string of the molecule is O=C(OCc1nnc(-c2ccc(Cl)cc2)o1)c1ccccc1Cl. The minimum atomic E-state index is -0.554. The van der Waals surface area contributed by atoms with Crippen LogP contribution < -0.4 is 0 Å². The summed E-state index contributed by atoms with van der Waals surface area (Å²) in [4.78, 5) is 11.9. The Hall–Kier alpha value is -2.37. The van der Waals surface area contributed by atoms with E-state index in [-0.39, 0.29) is 18.1 Å². The molecule has 116 valence electrons. The van der Waals surface area contributed by atoms with E-state index in [9.17, 15) is 4.79 Å². The summed E-state index contributed by atoms with van der Waals surface area (Å²) in [5, 5.41) is 8.69. The van der Waals surface area contributed by atoms with Crippen LogP contribution in [-0.4, -0.2) is 16.2 Å². The number of nitrogens with zero attached hydrogens (tertiary/aromatic N) is 2.